The Morgan fingerprint density at radius 3 is 2.73 bits per heavy atom. The Kier molecular flexibility index (Phi) is 5.75. The van der Waals surface area contributed by atoms with Crippen molar-refractivity contribution in [1.29, 1.82) is 0 Å². The van der Waals surface area contributed by atoms with Crippen LogP contribution in [-0.4, -0.2) is 39.8 Å². The average Bonchev–Trinajstić information content (AvgIpc) is 3.30. The van der Waals surface area contributed by atoms with E-state index in [2.05, 4.69) is 20.7 Å². The van der Waals surface area contributed by atoms with Crippen molar-refractivity contribution >= 4 is 17.2 Å². The summed E-state index contributed by atoms with van der Waals surface area (Å²) >= 11 is 1.50. The van der Waals surface area contributed by atoms with Crippen LogP contribution in [0.4, 0.5) is 4.39 Å². The van der Waals surface area contributed by atoms with E-state index in [1.165, 1.54) is 23.5 Å². The molecular formula is C18H20FN5OS. The summed E-state index contributed by atoms with van der Waals surface area (Å²) in [6, 6.07) is 9.89. The Hall–Kier alpha value is -2.58. The lowest BCUT2D eigenvalue weighted by molar-refractivity contribution is 0.0940. The summed E-state index contributed by atoms with van der Waals surface area (Å²) in [5, 5.41) is 12.3. The molecule has 2 aromatic heterocycles. The van der Waals surface area contributed by atoms with Crippen LogP contribution in [0.25, 0.3) is 16.4 Å². The van der Waals surface area contributed by atoms with Crippen molar-refractivity contribution in [2.45, 2.75) is 19.9 Å². The van der Waals surface area contributed by atoms with Gasteiger partial charge in [-0.25, -0.2) is 14.1 Å². The Morgan fingerprint density at radius 1 is 1.31 bits per heavy atom. The zero-order valence-electron chi connectivity index (χ0n) is 14.6. The number of thiophene rings is 1. The quantitative estimate of drug-likeness (QED) is 0.668. The molecule has 3 aromatic rings. The summed E-state index contributed by atoms with van der Waals surface area (Å²) < 4.78 is 14.8. The van der Waals surface area contributed by atoms with Crippen LogP contribution in [0.2, 0.25) is 0 Å². The van der Waals surface area contributed by atoms with Crippen LogP contribution in [0.3, 0.4) is 0 Å². The Labute approximate surface area is 155 Å². The predicted octanol–water partition coefficient (Wildman–Crippen LogP) is 2.86. The fourth-order valence-electron chi connectivity index (χ4n) is 2.48. The first-order chi connectivity index (χ1) is 12.6. The average molecular weight is 373 g/mol. The molecule has 6 nitrogen and oxygen atoms in total. The number of hydrogen-bond donors (Lipinski definition) is 2. The highest BCUT2D eigenvalue weighted by atomic mass is 32.1. The summed E-state index contributed by atoms with van der Waals surface area (Å²) in [6.45, 7) is 5.31. The molecule has 1 atom stereocenters. The molecule has 8 heteroatoms. The zero-order chi connectivity index (χ0) is 18.5. The molecule has 0 aliphatic carbocycles. The van der Waals surface area contributed by atoms with Crippen molar-refractivity contribution < 1.29 is 9.18 Å². The van der Waals surface area contributed by atoms with Gasteiger partial charge in [-0.2, -0.15) is 0 Å². The summed E-state index contributed by atoms with van der Waals surface area (Å²) in [5.74, 6) is -0.0340. The van der Waals surface area contributed by atoms with Gasteiger partial charge in [0.15, 0.2) is 5.82 Å². The number of amides is 1. The molecule has 1 aromatic carbocycles. The summed E-state index contributed by atoms with van der Waals surface area (Å²) in [6.07, 6.45) is 0. The van der Waals surface area contributed by atoms with Gasteiger partial charge < -0.3 is 10.6 Å². The molecule has 2 N–H and O–H groups in total. The molecule has 0 bridgehead atoms. The van der Waals surface area contributed by atoms with Gasteiger partial charge in [0.2, 0.25) is 5.82 Å². The van der Waals surface area contributed by atoms with Crippen LogP contribution in [0.5, 0.6) is 0 Å². The summed E-state index contributed by atoms with van der Waals surface area (Å²) in [7, 11) is 0. The van der Waals surface area contributed by atoms with Gasteiger partial charge in [0, 0.05) is 12.6 Å². The lowest BCUT2D eigenvalue weighted by Gasteiger charge is -2.11. The van der Waals surface area contributed by atoms with E-state index < -0.39 is 0 Å². The Bertz CT molecular complexity index is 860. The minimum absolute atomic E-state index is 0.0847. The number of aromatic nitrogens is 3. The molecule has 26 heavy (non-hydrogen) atoms. The van der Waals surface area contributed by atoms with Gasteiger partial charge in [-0.05, 0) is 49.2 Å². The van der Waals surface area contributed by atoms with E-state index in [9.17, 15) is 9.18 Å². The minimum Gasteiger partial charge on any atom is -0.348 e. The number of rotatable bonds is 7. The van der Waals surface area contributed by atoms with Crippen LogP contribution >= 0.6 is 11.3 Å². The van der Waals surface area contributed by atoms with Crippen molar-refractivity contribution in [2.75, 3.05) is 13.1 Å². The maximum absolute atomic E-state index is 13.2. The van der Waals surface area contributed by atoms with Crippen LogP contribution in [0, 0.1) is 5.82 Å². The van der Waals surface area contributed by atoms with Gasteiger partial charge >= 0.3 is 0 Å². The van der Waals surface area contributed by atoms with Gasteiger partial charge in [-0.3, -0.25) is 4.79 Å². The number of likely N-dealkylation sites (N-methyl/N-ethyl adjacent to an activating group) is 1. The van der Waals surface area contributed by atoms with Crippen molar-refractivity contribution in [1.82, 2.24) is 25.4 Å². The topological polar surface area (TPSA) is 71.8 Å². The smallest absolute Gasteiger partial charge is 0.291 e. The second-order valence-electron chi connectivity index (χ2n) is 5.79. The van der Waals surface area contributed by atoms with Crippen LogP contribution in [0.1, 0.15) is 24.5 Å². The van der Waals surface area contributed by atoms with Gasteiger partial charge in [0.25, 0.3) is 5.91 Å². The molecule has 0 spiro atoms. The van der Waals surface area contributed by atoms with Crippen molar-refractivity contribution in [2.24, 2.45) is 0 Å². The second-order valence-corrected chi connectivity index (χ2v) is 6.74. The summed E-state index contributed by atoms with van der Waals surface area (Å²) in [5.41, 5.74) is 0.641. The Morgan fingerprint density at radius 2 is 2.08 bits per heavy atom. The first-order valence-electron chi connectivity index (χ1n) is 8.37. The van der Waals surface area contributed by atoms with E-state index in [4.69, 9.17) is 0 Å². The number of carbonyl (C=O) groups is 1. The largest absolute Gasteiger partial charge is 0.348 e. The van der Waals surface area contributed by atoms with E-state index in [1.807, 2.05) is 31.4 Å². The van der Waals surface area contributed by atoms with Gasteiger partial charge in [0.05, 0.1) is 10.6 Å². The maximum atomic E-state index is 13.2. The third-order valence-electron chi connectivity index (χ3n) is 3.74. The third-order valence-corrected chi connectivity index (χ3v) is 4.61. The van der Waals surface area contributed by atoms with Crippen LogP contribution in [-0.2, 0) is 0 Å². The lowest BCUT2D eigenvalue weighted by atomic mass is 10.3. The minimum atomic E-state index is -0.339. The van der Waals surface area contributed by atoms with Gasteiger partial charge in [-0.15, -0.1) is 16.4 Å². The van der Waals surface area contributed by atoms with Gasteiger partial charge in [-0.1, -0.05) is 13.0 Å². The number of benzene rings is 1. The molecule has 2 heterocycles. The maximum Gasteiger partial charge on any atom is 0.291 e. The molecule has 0 unspecified atom stereocenters. The van der Waals surface area contributed by atoms with Crippen LogP contribution in [0.15, 0.2) is 41.8 Å². The van der Waals surface area contributed by atoms with Crippen molar-refractivity contribution in [3.8, 4) is 16.4 Å². The zero-order valence-corrected chi connectivity index (χ0v) is 15.4. The molecule has 3 rings (SSSR count). The first-order valence-corrected chi connectivity index (χ1v) is 9.25. The van der Waals surface area contributed by atoms with Crippen molar-refractivity contribution in [3.63, 3.8) is 0 Å². The molecule has 0 aliphatic heterocycles. The normalized spacial score (nSPS) is 12.1. The van der Waals surface area contributed by atoms with Gasteiger partial charge in [0.1, 0.15) is 5.82 Å². The molecular weight excluding hydrogens is 353 g/mol. The Balaban J connectivity index is 1.89. The molecule has 0 saturated carbocycles. The highest BCUT2D eigenvalue weighted by Crippen LogP contribution is 2.25. The monoisotopic (exact) mass is 373 g/mol. The SMILES string of the molecule is CCN[C@H](C)CNC(=O)c1nc(-c2cccs2)n(-c2ccc(F)cc2)n1. The highest BCUT2D eigenvalue weighted by Gasteiger charge is 2.19. The fourth-order valence-corrected chi connectivity index (χ4v) is 3.18. The van der Waals surface area contributed by atoms with Crippen molar-refractivity contribution in [3.05, 3.63) is 53.4 Å². The van der Waals surface area contributed by atoms with E-state index >= 15 is 0 Å². The molecule has 0 fully saturated rings. The molecule has 1 amide bonds. The fraction of sp³-hybridized carbons (Fsp3) is 0.278. The van der Waals surface area contributed by atoms with E-state index in [0.29, 0.717) is 18.1 Å². The second kappa shape index (κ2) is 8.20. The molecule has 0 saturated heterocycles. The molecule has 0 radical (unpaired) electrons. The molecule has 0 aliphatic rings. The standard InChI is InChI=1S/C18H20FN5OS/c1-3-20-12(2)11-21-18(25)16-22-17(15-5-4-10-26-15)24(23-16)14-8-6-13(19)7-9-14/h4-10,12,20H,3,11H2,1-2H3,(H,21,25)/t12-/m1/s1. The van der Waals surface area contributed by atoms with E-state index in [0.717, 1.165) is 11.4 Å². The van der Waals surface area contributed by atoms with E-state index in [-0.39, 0.29) is 23.6 Å². The lowest BCUT2D eigenvalue weighted by Crippen LogP contribution is -2.39. The first kappa shape index (κ1) is 18.2. The number of nitrogens with zero attached hydrogens (tertiary/aromatic N) is 3. The number of hydrogen-bond acceptors (Lipinski definition) is 5. The summed E-state index contributed by atoms with van der Waals surface area (Å²) in [4.78, 5) is 17.7. The number of halogens is 1. The molecule has 136 valence electrons. The number of nitrogens with one attached hydrogen (secondary N) is 2. The predicted molar refractivity (Wildman–Crippen MR) is 100 cm³/mol. The van der Waals surface area contributed by atoms with E-state index in [1.54, 1.807) is 16.8 Å². The number of carbonyl (C=O) groups excluding carboxylic acids is 1. The van der Waals surface area contributed by atoms with Crippen LogP contribution < -0.4 is 10.6 Å². The highest BCUT2D eigenvalue weighted by molar-refractivity contribution is 7.13. The third kappa shape index (κ3) is 4.14.